The minimum absolute atomic E-state index is 0.215. The molecule has 0 unspecified atom stereocenters. The lowest BCUT2D eigenvalue weighted by molar-refractivity contribution is 0.0696. The van der Waals surface area contributed by atoms with Crippen LogP contribution in [0, 0.1) is 6.92 Å². The Labute approximate surface area is 197 Å². The molecule has 3 N–H and O–H groups in total. The summed E-state index contributed by atoms with van der Waals surface area (Å²) in [6.45, 7) is 5.09. The average molecular weight is 456 g/mol. The van der Waals surface area contributed by atoms with E-state index in [1.807, 2.05) is 23.6 Å². The molecule has 2 heterocycles. The average Bonchev–Trinajstić information content (AvgIpc) is 3.23. The second-order valence-corrected chi connectivity index (χ2v) is 8.46. The van der Waals surface area contributed by atoms with Crippen LogP contribution in [0.3, 0.4) is 0 Å². The van der Waals surface area contributed by atoms with Crippen LogP contribution >= 0.6 is 0 Å². The molecule has 0 aliphatic carbocycles. The predicted octanol–water partition coefficient (Wildman–Crippen LogP) is 4.24. The number of anilines is 1. The maximum atomic E-state index is 11.7. The Balaban J connectivity index is 1.67. The standard InChI is InChI=1S/C27H25N3O4/c1-17-14-20(26(28)31)6-9-23(17)30-24(15-19-2-3-21(27(32)33)16-25(19)30)18-4-7-22(8-5-18)29-10-12-34-13-11-29/h2-9,14-16H,10-13H2,1H3,(H2,28,31)(H,32,33). The quantitative estimate of drug-likeness (QED) is 0.469. The van der Waals surface area contributed by atoms with E-state index in [1.165, 1.54) is 0 Å². The van der Waals surface area contributed by atoms with Gasteiger partial charge in [-0.3, -0.25) is 4.79 Å². The van der Waals surface area contributed by atoms with E-state index in [9.17, 15) is 14.7 Å². The lowest BCUT2D eigenvalue weighted by Gasteiger charge is -2.29. The van der Waals surface area contributed by atoms with Crippen LogP contribution in [0.15, 0.2) is 66.7 Å². The van der Waals surface area contributed by atoms with E-state index < -0.39 is 11.9 Å². The molecular weight excluding hydrogens is 430 g/mol. The van der Waals surface area contributed by atoms with E-state index in [2.05, 4.69) is 35.2 Å². The van der Waals surface area contributed by atoms with Crippen molar-refractivity contribution in [2.75, 3.05) is 31.2 Å². The van der Waals surface area contributed by atoms with Gasteiger partial charge < -0.3 is 25.0 Å². The van der Waals surface area contributed by atoms with E-state index in [1.54, 1.807) is 24.3 Å². The van der Waals surface area contributed by atoms with Gasteiger partial charge in [0, 0.05) is 35.4 Å². The highest BCUT2D eigenvalue weighted by Gasteiger charge is 2.18. The van der Waals surface area contributed by atoms with Gasteiger partial charge in [-0.2, -0.15) is 0 Å². The van der Waals surface area contributed by atoms with E-state index >= 15 is 0 Å². The molecule has 4 aromatic rings. The molecule has 1 fully saturated rings. The van der Waals surface area contributed by atoms with Gasteiger partial charge in [0.1, 0.15) is 0 Å². The number of aryl methyl sites for hydroxylation is 1. The Bertz CT molecular complexity index is 1400. The van der Waals surface area contributed by atoms with Crippen LogP contribution in [0.4, 0.5) is 5.69 Å². The zero-order valence-electron chi connectivity index (χ0n) is 18.8. The third-order valence-corrected chi connectivity index (χ3v) is 6.31. The van der Waals surface area contributed by atoms with Gasteiger partial charge in [0.05, 0.1) is 30.0 Å². The highest BCUT2D eigenvalue weighted by molar-refractivity contribution is 5.97. The first-order valence-electron chi connectivity index (χ1n) is 11.1. The molecule has 0 saturated carbocycles. The molecule has 0 atom stereocenters. The van der Waals surface area contributed by atoms with Gasteiger partial charge in [-0.15, -0.1) is 0 Å². The van der Waals surface area contributed by atoms with E-state index in [0.29, 0.717) is 5.56 Å². The number of ether oxygens (including phenoxy) is 1. The number of rotatable bonds is 5. The van der Waals surface area contributed by atoms with Crippen LogP contribution in [0.1, 0.15) is 26.3 Å². The number of carbonyl (C=O) groups is 2. The van der Waals surface area contributed by atoms with E-state index in [0.717, 1.165) is 65.4 Å². The maximum absolute atomic E-state index is 11.7. The van der Waals surface area contributed by atoms with Gasteiger partial charge in [0.15, 0.2) is 0 Å². The fourth-order valence-corrected chi connectivity index (χ4v) is 4.53. The number of carbonyl (C=O) groups excluding carboxylic acids is 1. The molecule has 3 aromatic carbocycles. The Hall–Kier alpha value is -4.10. The molecule has 0 radical (unpaired) electrons. The Morgan fingerprint density at radius 3 is 2.26 bits per heavy atom. The van der Waals surface area contributed by atoms with Crippen LogP contribution in [-0.4, -0.2) is 47.9 Å². The number of nitrogens with two attached hydrogens (primary N) is 1. The molecule has 7 nitrogen and oxygen atoms in total. The zero-order chi connectivity index (χ0) is 23.8. The minimum Gasteiger partial charge on any atom is -0.478 e. The number of aromatic carboxylic acids is 1. The maximum Gasteiger partial charge on any atom is 0.335 e. The number of hydrogen-bond acceptors (Lipinski definition) is 4. The first kappa shape index (κ1) is 21.7. The van der Waals surface area contributed by atoms with Crippen molar-refractivity contribution in [2.24, 2.45) is 5.73 Å². The number of carboxylic acid groups (broad SMARTS) is 1. The van der Waals surface area contributed by atoms with Crippen molar-refractivity contribution in [1.82, 2.24) is 4.57 Å². The summed E-state index contributed by atoms with van der Waals surface area (Å²) in [5.74, 6) is -1.47. The third kappa shape index (κ3) is 3.91. The molecule has 1 saturated heterocycles. The van der Waals surface area contributed by atoms with Crippen molar-refractivity contribution in [3.63, 3.8) is 0 Å². The van der Waals surface area contributed by atoms with Crippen LogP contribution in [0.2, 0.25) is 0 Å². The summed E-state index contributed by atoms with van der Waals surface area (Å²) in [4.78, 5) is 25.6. The summed E-state index contributed by atoms with van der Waals surface area (Å²) in [6, 6.07) is 20.9. The van der Waals surface area contributed by atoms with E-state index in [-0.39, 0.29) is 5.56 Å². The van der Waals surface area contributed by atoms with Crippen LogP contribution in [-0.2, 0) is 4.74 Å². The molecular formula is C27H25N3O4. The largest absolute Gasteiger partial charge is 0.478 e. The normalized spacial score (nSPS) is 13.9. The number of fused-ring (bicyclic) bond motifs is 1. The Morgan fingerprint density at radius 2 is 1.62 bits per heavy atom. The van der Waals surface area contributed by atoms with Crippen LogP contribution < -0.4 is 10.6 Å². The highest BCUT2D eigenvalue weighted by atomic mass is 16.5. The molecule has 0 bridgehead atoms. The monoisotopic (exact) mass is 455 g/mol. The van der Waals surface area contributed by atoms with Gasteiger partial charge in [-0.1, -0.05) is 18.2 Å². The lowest BCUT2D eigenvalue weighted by Crippen LogP contribution is -2.36. The molecule has 1 aliphatic heterocycles. The number of primary amides is 1. The molecule has 1 amide bonds. The van der Waals surface area contributed by atoms with Crippen molar-refractivity contribution in [2.45, 2.75) is 6.92 Å². The summed E-state index contributed by atoms with van der Waals surface area (Å²) in [6.07, 6.45) is 0. The van der Waals surface area contributed by atoms with Gasteiger partial charge >= 0.3 is 5.97 Å². The van der Waals surface area contributed by atoms with Gasteiger partial charge in [-0.25, -0.2) is 4.79 Å². The third-order valence-electron chi connectivity index (χ3n) is 6.31. The number of morpholine rings is 1. The minimum atomic E-state index is -0.980. The molecule has 34 heavy (non-hydrogen) atoms. The van der Waals surface area contributed by atoms with Crippen molar-refractivity contribution in [3.05, 3.63) is 83.4 Å². The number of aromatic nitrogens is 1. The number of benzene rings is 3. The number of amides is 1. The predicted molar refractivity (Wildman–Crippen MR) is 132 cm³/mol. The van der Waals surface area contributed by atoms with Crippen molar-refractivity contribution >= 4 is 28.5 Å². The van der Waals surface area contributed by atoms with Crippen LogP contribution in [0.5, 0.6) is 0 Å². The van der Waals surface area contributed by atoms with Crippen LogP contribution in [0.25, 0.3) is 27.8 Å². The highest BCUT2D eigenvalue weighted by Crippen LogP contribution is 2.34. The topological polar surface area (TPSA) is 97.8 Å². The van der Waals surface area contributed by atoms with Gasteiger partial charge in [0.25, 0.3) is 0 Å². The van der Waals surface area contributed by atoms with Crippen molar-refractivity contribution in [3.8, 4) is 16.9 Å². The molecule has 172 valence electrons. The summed E-state index contributed by atoms with van der Waals surface area (Å²) in [7, 11) is 0. The van der Waals surface area contributed by atoms with Crippen molar-refractivity contribution in [1.29, 1.82) is 0 Å². The zero-order valence-corrected chi connectivity index (χ0v) is 18.8. The fraction of sp³-hybridized carbons (Fsp3) is 0.185. The summed E-state index contributed by atoms with van der Waals surface area (Å²) in [5, 5.41) is 10.5. The summed E-state index contributed by atoms with van der Waals surface area (Å²) < 4.78 is 7.50. The number of hydrogen-bond donors (Lipinski definition) is 2. The molecule has 5 rings (SSSR count). The Kier molecular flexibility index (Phi) is 5.55. The molecule has 7 heteroatoms. The second-order valence-electron chi connectivity index (χ2n) is 8.46. The lowest BCUT2D eigenvalue weighted by atomic mass is 10.1. The first-order valence-corrected chi connectivity index (χ1v) is 11.1. The Morgan fingerprint density at radius 1 is 0.912 bits per heavy atom. The smallest absolute Gasteiger partial charge is 0.335 e. The number of nitrogens with zero attached hydrogens (tertiary/aromatic N) is 2. The summed E-state index contributed by atoms with van der Waals surface area (Å²) >= 11 is 0. The summed E-state index contributed by atoms with van der Waals surface area (Å²) in [5.41, 5.74) is 11.7. The number of carboxylic acids is 1. The van der Waals surface area contributed by atoms with Gasteiger partial charge in [0.2, 0.25) is 5.91 Å². The molecule has 1 aliphatic rings. The molecule has 1 aromatic heterocycles. The second kappa shape index (κ2) is 8.68. The van der Waals surface area contributed by atoms with Crippen molar-refractivity contribution < 1.29 is 19.4 Å². The fourth-order valence-electron chi connectivity index (χ4n) is 4.53. The van der Waals surface area contributed by atoms with Gasteiger partial charge in [-0.05, 0) is 66.6 Å². The first-order chi connectivity index (χ1) is 16.4. The SMILES string of the molecule is Cc1cc(C(N)=O)ccc1-n1c(-c2ccc(N3CCOCC3)cc2)cc2ccc(C(=O)O)cc21. The molecule has 0 spiro atoms. The van der Waals surface area contributed by atoms with E-state index in [4.69, 9.17) is 10.5 Å².